The monoisotopic (exact) mass is 234 g/mol. The van der Waals surface area contributed by atoms with Gasteiger partial charge in [0.1, 0.15) is 12.0 Å². The molecule has 4 heteroatoms. The molecule has 0 aromatic heterocycles. The molecule has 0 aliphatic carbocycles. The highest BCUT2D eigenvalue weighted by atomic mass is 16.5. The van der Waals surface area contributed by atoms with Crippen LogP contribution in [0.3, 0.4) is 0 Å². The van der Waals surface area contributed by atoms with Gasteiger partial charge in [-0.05, 0) is 44.4 Å². The molecule has 1 aliphatic heterocycles. The van der Waals surface area contributed by atoms with Crippen molar-refractivity contribution >= 4 is 11.4 Å². The number of aromatic hydroxyl groups is 1. The average molecular weight is 234 g/mol. The highest BCUT2D eigenvalue weighted by Gasteiger charge is 2.15. The van der Waals surface area contributed by atoms with Gasteiger partial charge in [0.15, 0.2) is 0 Å². The molecule has 1 saturated heterocycles. The first-order valence-electron chi connectivity index (χ1n) is 5.93. The van der Waals surface area contributed by atoms with E-state index in [1.165, 1.54) is 0 Å². The Morgan fingerprint density at radius 3 is 2.94 bits per heavy atom. The summed E-state index contributed by atoms with van der Waals surface area (Å²) in [6, 6.07) is 5.02. The fourth-order valence-corrected chi connectivity index (χ4v) is 2.00. The molecule has 0 bridgehead atoms. The molecule has 1 heterocycles. The third-order valence-electron chi connectivity index (χ3n) is 2.90. The third-order valence-corrected chi connectivity index (χ3v) is 2.90. The predicted octanol–water partition coefficient (Wildman–Crippen LogP) is 2.72. The third kappa shape index (κ3) is 2.97. The van der Waals surface area contributed by atoms with Crippen LogP contribution < -0.4 is 5.32 Å². The van der Waals surface area contributed by atoms with Gasteiger partial charge in [-0.2, -0.15) is 0 Å². The first kappa shape index (κ1) is 11.9. The molecule has 0 spiro atoms. The molecule has 1 atom stereocenters. The standard InChI is InChI=1S/C13H18N2O2/c1-9(14)11-8-10(16)5-6-12(11)15-13-4-2-3-7-17-13/h5-6,8,13-16H,2-4,7H2,1H3. The molecule has 17 heavy (non-hydrogen) atoms. The van der Waals surface area contributed by atoms with Crippen LogP contribution in [0.25, 0.3) is 0 Å². The lowest BCUT2D eigenvalue weighted by atomic mass is 10.1. The first-order valence-corrected chi connectivity index (χ1v) is 5.93. The van der Waals surface area contributed by atoms with Crippen LogP contribution in [0.5, 0.6) is 5.75 Å². The zero-order chi connectivity index (χ0) is 12.3. The van der Waals surface area contributed by atoms with E-state index in [4.69, 9.17) is 10.1 Å². The maximum Gasteiger partial charge on any atom is 0.127 e. The topological polar surface area (TPSA) is 65.3 Å². The summed E-state index contributed by atoms with van der Waals surface area (Å²) in [6.45, 7) is 2.50. The van der Waals surface area contributed by atoms with E-state index in [1.807, 2.05) is 0 Å². The quantitative estimate of drug-likeness (QED) is 0.556. The van der Waals surface area contributed by atoms with Crippen LogP contribution >= 0.6 is 0 Å². The van der Waals surface area contributed by atoms with Crippen molar-refractivity contribution in [2.75, 3.05) is 11.9 Å². The number of phenols is 1. The Bertz CT molecular complexity index is 412. The largest absolute Gasteiger partial charge is 0.508 e. The van der Waals surface area contributed by atoms with E-state index in [9.17, 15) is 5.11 Å². The second kappa shape index (κ2) is 5.19. The van der Waals surface area contributed by atoms with Crippen LogP contribution in [0, 0.1) is 5.41 Å². The molecule has 3 N–H and O–H groups in total. The van der Waals surface area contributed by atoms with E-state index in [2.05, 4.69) is 5.32 Å². The maximum atomic E-state index is 9.44. The van der Waals surface area contributed by atoms with Gasteiger partial charge < -0.3 is 20.6 Å². The van der Waals surface area contributed by atoms with E-state index in [0.717, 1.165) is 37.1 Å². The number of phenolic OH excluding ortho intramolecular Hbond substituents is 1. The SMILES string of the molecule is CC(=N)c1cc(O)ccc1NC1CCCCO1. The molecule has 1 aliphatic rings. The summed E-state index contributed by atoms with van der Waals surface area (Å²) in [6.07, 6.45) is 3.28. The zero-order valence-electron chi connectivity index (χ0n) is 9.99. The van der Waals surface area contributed by atoms with Gasteiger partial charge in [0, 0.05) is 23.6 Å². The molecule has 92 valence electrons. The average Bonchev–Trinajstić information content (AvgIpc) is 2.32. The van der Waals surface area contributed by atoms with Gasteiger partial charge in [-0.3, -0.25) is 0 Å². The summed E-state index contributed by atoms with van der Waals surface area (Å²) in [5.74, 6) is 0.182. The molecular formula is C13H18N2O2. The minimum Gasteiger partial charge on any atom is -0.508 e. The van der Waals surface area contributed by atoms with Crippen LogP contribution in [0.4, 0.5) is 5.69 Å². The van der Waals surface area contributed by atoms with Crippen molar-refractivity contribution in [1.82, 2.24) is 0 Å². The second-order valence-corrected chi connectivity index (χ2v) is 4.35. The molecule has 0 amide bonds. The van der Waals surface area contributed by atoms with E-state index in [0.29, 0.717) is 5.71 Å². The van der Waals surface area contributed by atoms with Gasteiger partial charge in [0.2, 0.25) is 0 Å². The molecule has 0 saturated carbocycles. The van der Waals surface area contributed by atoms with Gasteiger partial charge in [-0.15, -0.1) is 0 Å². The van der Waals surface area contributed by atoms with Crippen molar-refractivity contribution in [3.63, 3.8) is 0 Å². The molecule has 0 radical (unpaired) electrons. The number of nitrogens with one attached hydrogen (secondary N) is 2. The molecule has 1 aromatic carbocycles. The van der Waals surface area contributed by atoms with E-state index >= 15 is 0 Å². The maximum absolute atomic E-state index is 9.44. The fraction of sp³-hybridized carbons (Fsp3) is 0.462. The Kier molecular flexibility index (Phi) is 3.64. The molecule has 2 rings (SSSR count). The van der Waals surface area contributed by atoms with Gasteiger partial charge in [-0.1, -0.05) is 0 Å². The Hall–Kier alpha value is -1.55. The van der Waals surface area contributed by atoms with Crippen LogP contribution in [-0.2, 0) is 4.74 Å². The van der Waals surface area contributed by atoms with Crippen molar-refractivity contribution in [3.8, 4) is 5.75 Å². The number of hydrogen-bond acceptors (Lipinski definition) is 4. The number of anilines is 1. The molecule has 4 nitrogen and oxygen atoms in total. The smallest absolute Gasteiger partial charge is 0.127 e. The minimum atomic E-state index is 0.0198. The van der Waals surface area contributed by atoms with Crippen LogP contribution in [0.1, 0.15) is 31.7 Å². The molecule has 1 unspecified atom stereocenters. The minimum absolute atomic E-state index is 0.0198. The Balaban J connectivity index is 2.16. The normalized spacial score (nSPS) is 19.9. The Morgan fingerprint density at radius 2 is 2.29 bits per heavy atom. The Labute approximate surface area is 101 Å². The van der Waals surface area contributed by atoms with Crippen LogP contribution in [0.2, 0.25) is 0 Å². The fourth-order valence-electron chi connectivity index (χ4n) is 2.00. The van der Waals surface area contributed by atoms with E-state index in [1.54, 1.807) is 25.1 Å². The van der Waals surface area contributed by atoms with Gasteiger partial charge in [-0.25, -0.2) is 0 Å². The predicted molar refractivity (Wildman–Crippen MR) is 67.8 cm³/mol. The summed E-state index contributed by atoms with van der Waals surface area (Å²) in [5, 5.41) is 20.4. The van der Waals surface area contributed by atoms with Crippen molar-refractivity contribution in [2.24, 2.45) is 0 Å². The van der Waals surface area contributed by atoms with E-state index < -0.39 is 0 Å². The lowest BCUT2D eigenvalue weighted by Gasteiger charge is -2.25. The molecule has 1 aromatic rings. The molecule has 1 fully saturated rings. The lowest BCUT2D eigenvalue weighted by molar-refractivity contribution is 0.0343. The number of ether oxygens (including phenoxy) is 1. The van der Waals surface area contributed by atoms with Crippen LogP contribution in [-0.4, -0.2) is 23.7 Å². The number of benzene rings is 1. The Morgan fingerprint density at radius 1 is 1.47 bits per heavy atom. The van der Waals surface area contributed by atoms with Gasteiger partial charge in [0.05, 0.1) is 0 Å². The summed E-state index contributed by atoms with van der Waals surface area (Å²) in [5.41, 5.74) is 2.00. The number of rotatable bonds is 3. The van der Waals surface area contributed by atoms with Crippen LogP contribution in [0.15, 0.2) is 18.2 Å². The van der Waals surface area contributed by atoms with Gasteiger partial charge >= 0.3 is 0 Å². The highest BCUT2D eigenvalue weighted by molar-refractivity contribution is 6.01. The first-order chi connectivity index (χ1) is 8.16. The van der Waals surface area contributed by atoms with Crippen molar-refractivity contribution in [2.45, 2.75) is 32.4 Å². The van der Waals surface area contributed by atoms with Crippen molar-refractivity contribution < 1.29 is 9.84 Å². The summed E-state index contributed by atoms with van der Waals surface area (Å²) < 4.78 is 5.60. The molecular weight excluding hydrogens is 216 g/mol. The summed E-state index contributed by atoms with van der Waals surface area (Å²) in [4.78, 5) is 0. The summed E-state index contributed by atoms with van der Waals surface area (Å²) in [7, 11) is 0. The lowest BCUT2D eigenvalue weighted by Crippen LogP contribution is -2.27. The van der Waals surface area contributed by atoms with E-state index in [-0.39, 0.29) is 12.0 Å². The van der Waals surface area contributed by atoms with Gasteiger partial charge in [0.25, 0.3) is 0 Å². The zero-order valence-corrected chi connectivity index (χ0v) is 9.99. The highest BCUT2D eigenvalue weighted by Crippen LogP contribution is 2.24. The number of hydrogen-bond donors (Lipinski definition) is 3. The second-order valence-electron chi connectivity index (χ2n) is 4.35. The van der Waals surface area contributed by atoms with Crippen molar-refractivity contribution in [1.29, 1.82) is 5.41 Å². The van der Waals surface area contributed by atoms with Crippen molar-refractivity contribution in [3.05, 3.63) is 23.8 Å². The summed E-state index contributed by atoms with van der Waals surface area (Å²) >= 11 is 0.